The zero-order valence-corrected chi connectivity index (χ0v) is 10.1. The first-order valence-corrected chi connectivity index (χ1v) is 5.57. The maximum atomic E-state index is 11.8. The van der Waals surface area contributed by atoms with Crippen molar-refractivity contribution >= 4 is 34.1 Å². The largest absolute Gasteiger partial charge is 0.385 e. The summed E-state index contributed by atoms with van der Waals surface area (Å²) in [5, 5.41) is 21.8. The molecule has 9 nitrogen and oxygen atoms in total. The van der Waals surface area contributed by atoms with E-state index in [1.807, 2.05) is 0 Å². The number of cyclic esters (lactones) is 2. The molecule has 0 bridgehead atoms. The second-order valence-electron chi connectivity index (χ2n) is 4.21. The molecular weight excluding hydrogens is 284 g/mol. The fraction of sp³-hybridized carbons (Fsp3) is 0. The summed E-state index contributed by atoms with van der Waals surface area (Å²) in [5.74, 6) is -2.18. The van der Waals surface area contributed by atoms with Gasteiger partial charge in [-0.2, -0.15) is 0 Å². The first-order valence-electron chi connectivity index (χ1n) is 5.57. The van der Waals surface area contributed by atoms with Crippen LogP contribution in [0.4, 0.5) is 11.4 Å². The third kappa shape index (κ3) is 1.64. The summed E-state index contributed by atoms with van der Waals surface area (Å²) >= 11 is 0. The summed E-state index contributed by atoms with van der Waals surface area (Å²) < 4.78 is 4.44. The fourth-order valence-corrected chi connectivity index (χ4v) is 2.30. The van der Waals surface area contributed by atoms with E-state index in [1.54, 1.807) is 0 Å². The molecule has 0 saturated carbocycles. The van der Waals surface area contributed by atoms with Crippen LogP contribution in [0.3, 0.4) is 0 Å². The van der Waals surface area contributed by atoms with Crippen LogP contribution in [0.5, 0.6) is 0 Å². The van der Waals surface area contributed by atoms with Crippen LogP contribution in [0, 0.1) is 20.2 Å². The highest BCUT2D eigenvalue weighted by Crippen LogP contribution is 2.38. The molecule has 0 aromatic heterocycles. The Bertz CT molecular complexity index is 872. The van der Waals surface area contributed by atoms with Crippen molar-refractivity contribution in [3.05, 3.63) is 55.6 Å². The highest BCUT2D eigenvalue weighted by molar-refractivity contribution is 6.23. The Labute approximate surface area is 115 Å². The molecule has 0 saturated heterocycles. The number of nitrogens with zero attached hydrogens (tertiary/aromatic N) is 2. The Kier molecular flexibility index (Phi) is 2.45. The lowest BCUT2D eigenvalue weighted by atomic mass is 9.95. The standard InChI is InChI=1S/C12H4N2O7/c15-11-6-2-3-7(13(17)18)5-1-4-8(14(19)20)10(9(5)6)12(16)21-11/h1-4H. The molecule has 1 aliphatic rings. The molecule has 0 aliphatic carbocycles. The van der Waals surface area contributed by atoms with Gasteiger partial charge in [0.15, 0.2) is 0 Å². The predicted molar refractivity (Wildman–Crippen MR) is 67.0 cm³/mol. The molecule has 104 valence electrons. The Balaban J connectivity index is 2.56. The van der Waals surface area contributed by atoms with Crippen molar-refractivity contribution in [2.75, 3.05) is 0 Å². The minimum absolute atomic E-state index is 0.0249. The van der Waals surface area contributed by atoms with Crippen molar-refractivity contribution in [1.82, 2.24) is 0 Å². The van der Waals surface area contributed by atoms with Crippen LogP contribution in [-0.4, -0.2) is 21.8 Å². The molecular formula is C12H4N2O7. The van der Waals surface area contributed by atoms with Gasteiger partial charge in [-0.15, -0.1) is 0 Å². The number of non-ortho nitro benzene ring substituents is 1. The molecule has 3 rings (SSSR count). The van der Waals surface area contributed by atoms with Crippen LogP contribution in [0.15, 0.2) is 24.3 Å². The second kappa shape index (κ2) is 4.07. The van der Waals surface area contributed by atoms with Crippen molar-refractivity contribution in [3.63, 3.8) is 0 Å². The lowest BCUT2D eigenvalue weighted by Gasteiger charge is -2.15. The molecule has 0 N–H and O–H groups in total. The number of ether oxygens (including phenoxy) is 1. The second-order valence-corrected chi connectivity index (χ2v) is 4.21. The van der Waals surface area contributed by atoms with Crippen molar-refractivity contribution in [3.8, 4) is 0 Å². The van der Waals surface area contributed by atoms with Crippen LogP contribution in [0.1, 0.15) is 20.7 Å². The first kappa shape index (κ1) is 12.7. The van der Waals surface area contributed by atoms with Crippen LogP contribution in [0.25, 0.3) is 10.8 Å². The molecule has 0 unspecified atom stereocenters. The average molecular weight is 288 g/mol. The molecule has 21 heavy (non-hydrogen) atoms. The Morgan fingerprint density at radius 2 is 1.48 bits per heavy atom. The van der Waals surface area contributed by atoms with E-state index >= 15 is 0 Å². The summed E-state index contributed by atoms with van der Waals surface area (Å²) in [7, 11) is 0. The van der Waals surface area contributed by atoms with E-state index in [-0.39, 0.29) is 22.0 Å². The summed E-state index contributed by atoms with van der Waals surface area (Å²) in [6.45, 7) is 0. The van der Waals surface area contributed by atoms with Crippen LogP contribution in [0.2, 0.25) is 0 Å². The number of carbonyl (C=O) groups excluding carboxylic acids is 2. The molecule has 1 aliphatic heterocycles. The van der Waals surface area contributed by atoms with Gasteiger partial charge in [-0.1, -0.05) is 0 Å². The number of rotatable bonds is 2. The van der Waals surface area contributed by atoms with E-state index in [1.165, 1.54) is 0 Å². The van der Waals surface area contributed by atoms with E-state index < -0.39 is 33.0 Å². The number of benzene rings is 2. The fourth-order valence-electron chi connectivity index (χ4n) is 2.30. The normalized spacial score (nSPS) is 13.1. The summed E-state index contributed by atoms with van der Waals surface area (Å²) in [6, 6.07) is 4.32. The molecule has 2 aromatic carbocycles. The molecule has 1 heterocycles. The van der Waals surface area contributed by atoms with E-state index in [4.69, 9.17) is 0 Å². The number of carbonyl (C=O) groups is 2. The van der Waals surface area contributed by atoms with Gasteiger partial charge in [0.1, 0.15) is 5.56 Å². The number of esters is 2. The lowest BCUT2D eigenvalue weighted by Crippen LogP contribution is -2.21. The number of nitro groups is 2. The van der Waals surface area contributed by atoms with Gasteiger partial charge in [-0.3, -0.25) is 20.2 Å². The summed E-state index contributed by atoms with van der Waals surface area (Å²) in [6.07, 6.45) is 0. The minimum atomic E-state index is -1.19. The molecule has 0 amide bonds. The van der Waals surface area contributed by atoms with E-state index in [9.17, 15) is 29.8 Å². The molecule has 9 heteroatoms. The van der Waals surface area contributed by atoms with Gasteiger partial charge >= 0.3 is 11.9 Å². The van der Waals surface area contributed by atoms with Crippen LogP contribution >= 0.6 is 0 Å². The van der Waals surface area contributed by atoms with Gasteiger partial charge in [-0.25, -0.2) is 9.59 Å². The van der Waals surface area contributed by atoms with Gasteiger partial charge in [0, 0.05) is 17.5 Å². The molecule has 0 atom stereocenters. The first-order chi connectivity index (χ1) is 9.91. The predicted octanol–water partition coefficient (Wildman–Crippen LogP) is 1.97. The van der Waals surface area contributed by atoms with Gasteiger partial charge in [0.05, 0.1) is 20.8 Å². The summed E-state index contributed by atoms with van der Waals surface area (Å²) in [4.78, 5) is 43.9. The van der Waals surface area contributed by atoms with Crippen LogP contribution < -0.4 is 0 Å². The van der Waals surface area contributed by atoms with Crippen molar-refractivity contribution in [1.29, 1.82) is 0 Å². The van der Waals surface area contributed by atoms with E-state index in [0.717, 1.165) is 24.3 Å². The quantitative estimate of drug-likeness (QED) is 0.357. The number of nitro benzene ring substituents is 2. The zero-order chi connectivity index (χ0) is 15.3. The highest BCUT2D eigenvalue weighted by atomic mass is 16.6. The molecule has 0 radical (unpaired) electrons. The zero-order valence-electron chi connectivity index (χ0n) is 10.1. The third-order valence-electron chi connectivity index (χ3n) is 3.14. The van der Waals surface area contributed by atoms with Gasteiger partial charge in [0.25, 0.3) is 11.4 Å². The topological polar surface area (TPSA) is 130 Å². The average Bonchev–Trinajstić information content (AvgIpc) is 2.42. The maximum Gasteiger partial charge on any atom is 0.353 e. The Hall–Kier alpha value is -3.36. The summed E-state index contributed by atoms with van der Waals surface area (Å²) in [5.41, 5.74) is -1.49. The number of hydrogen-bond acceptors (Lipinski definition) is 7. The van der Waals surface area contributed by atoms with Gasteiger partial charge in [0.2, 0.25) is 0 Å². The van der Waals surface area contributed by atoms with Crippen molar-refractivity contribution < 1.29 is 24.2 Å². The smallest absolute Gasteiger partial charge is 0.353 e. The molecule has 0 spiro atoms. The maximum absolute atomic E-state index is 11.8. The number of hydrogen-bond donors (Lipinski definition) is 0. The molecule has 2 aromatic rings. The monoisotopic (exact) mass is 288 g/mol. The Morgan fingerprint density at radius 1 is 0.857 bits per heavy atom. The van der Waals surface area contributed by atoms with Crippen molar-refractivity contribution in [2.24, 2.45) is 0 Å². The third-order valence-corrected chi connectivity index (χ3v) is 3.14. The van der Waals surface area contributed by atoms with Crippen LogP contribution in [-0.2, 0) is 4.74 Å². The minimum Gasteiger partial charge on any atom is -0.385 e. The van der Waals surface area contributed by atoms with E-state index in [2.05, 4.69) is 4.74 Å². The Morgan fingerprint density at radius 3 is 2.10 bits per heavy atom. The highest BCUT2D eigenvalue weighted by Gasteiger charge is 2.36. The van der Waals surface area contributed by atoms with Gasteiger partial charge in [-0.05, 0) is 12.1 Å². The molecule has 0 fully saturated rings. The SMILES string of the molecule is O=C1OC(=O)c2c([N+](=O)[O-])ccc3c([N+](=O)[O-])ccc1c23. The van der Waals surface area contributed by atoms with E-state index in [0.29, 0.717) is 0 Å². The van der Waals surface area contributed by atoms with Crippen molar-refractivity contribution in [2.45, 2.75) is 0 Å². The lowest BCUT2D eigenvalue weighted by molar-refractivity contribution is -0.385. The van der Waals surface area contributed by atoms with Gasteiger partial charge < -0.3 is 4.74 Å².